The maximum atomic E-state index is 13.3. The van der Waals surface area contributed by atoms with Gasteiger partial charge in [0.05, 0.1) is 11.7 Å². The van der Waals surface area contributed by atoms with E-state index in [2.05, 4.69) is 15.1 Å². The minimum atomic E-state index is -0.0334. The van der Waals surface area contributed by atoms with E-state index in [1.807, 2.05) is 27.8 Å². The molecular formula is C19H21N5O2. The molecule has 1 saturated heterocycles. The maximum Gasteiger partial charge on any atom is 0.276 e. The number of imidazole rings is 1. The summed E-state index contributed by atoms with van der Waals surface area (Å²) in [5, 5.41) is 4.14. The van der Waals surface area contributed by atoms with Crippen LogP contribution in [0.15, 0.2) is 29.2 Å². The number of aromatic nitrogens is 4. The van der Waals surface area contributed by atoms with Gasteiger partial charge in [0.25, 0.3) is 5.91 Å². The summed E-state index contributed by atoms with van der Waals surface area (Å²) in [5.74, 6) is 1.54. The highest BCUT2D eigenvalue weighted by Gasteiger charge is 2.34. The highest BCUT2D eigenvalue weighted by Crippen LogP contribution is 2.33. The Hall–Kier alpha value is -2.70. The molecule has 0 spiro atoms. The van der Waals surface area contributed by atoms with E-state index in [0.29, 0.717) is 11.5 Å². The monoisotopic (exact) mass is 351 g/mol. The van der Waals surface area contributed by atoms with Crippen LogP contribution in [0.1, 0.15) is 65.7 Å². The molecule has 3 aromatic rings. The molecule has 0 radical (unpaired) electrons. The van der Waals surface area contributed by atoms with Crippen molar-refractivity contribution in [1.29, 1.82) is 0 Å². The lowest BCUT2D eigenvalue weighted by atomic mass is 9.94. The fraction of sp³-hybridized carbons (Fsp3) is 0.474. The molecule has 1 atom stereocenters. The molecular weight excluding hydrogens is 330 g/mol. The number of hydrogen-bond acceptors (Lipinski definition) is 5. The molecule has 4 heterocycles. The lowest BCUT2D eigenvalue weighted by molar-refractivity contribution is 0.0594. The molecule has 7 heteroatoms. The number of hydrogen-bond donors (Lipinski definition) is 0. The van der Waals surface area contributed by atoms with Crippen molar-refractivity contribution in [2.45, 2.75) is 51.0 Å². The first-order valence-electron chi connectivity index (χ1n) is 9.39. The molecule has 5 rings (SSSR count). The summed E-state index contributed by atoms with van der Waals surface area (Å²) in [7, 11) is 0. The molecule has 1 fully saturated rings. The number of rotatable bonds is 2. The Morgan fingerprint density at radius 2 is 2.08 bits per heavy atom. The molecule has 26 heavy (non-hydrogen) atoms. The van der Waals surface area contributed by atoms with E-state index in [1.54, 1.807) is 6.20 Å². The number of aryl methyl sites for hydroxylation is 1. The van der Waals surface area contributed by atoms with Crippen LogP contribution in [-0.4, -0.2) is 36.9 Å². The Balaban J connectivity index is 1.49. The van der Waals surface area contributed by atoms with Crippen LogP contribution < -0.4 is 0 Å². The van der Waals surface area contributed by atoms with Gasteiger partial charge in [-0.3, -0.25) is 9.20 Å². The Bertz CT molecular complexity index is 960. The normalized spacial score (nSPS) is 20.3. The van der Waals surface area contributed by atoms with E-state index in [1.165, 1.54) is 0 Å². The van der Waals surface area contributed by atoms with Gasteiger partial charge in [0.1, 0.15) is 5.76 Å². The third-order valence-corrected chi connectivity index (χ3v) is 5.54. The van der Waals surface area contributed by atoms with E-state index in [0.717, 1.165) is 68.5 Å². The van der Waals surface area contributed by atoms with Crippen LogP contribution in [-0.2, 0) is 12.8 Å². The first-order valence-corrected chi connectivity index (χ1v) is 9.39. The molecule has 0 unspecified atom stereocenters. The van der Waals surface area contributed by atoms with Crippen LogP contribution in [0.25, 0.3) is 5.78 Å². The van der Waals surface area contributed by atoms with Crippen molar-refractivity contribution in [3.8, 4) is 0 Å². The van der Waals surface area contributed by atoms with Crippen LogP contribution in [0.4, 0.5) is 0 Å². The zero-order valence-corrected chi connectivity index (χ0v) is 14.6. The molecule has 0 aromatic carbocycles. The van der Waals surface area contributed by atoms with Crippen LogP contribution >= 0.6 is 0 Å². The van der Waals surface area contributed by atoms with E-state index in [4.69, 9.17) is 4.52 Å². The molecule has 7 nitrogen and oxygen atoms in total. The highest BCUT2D eigenvalue weighted by atomic mass is 16.5. The minimum absolute atomic E-state index is 0.0217. The standard InChI is InChI=1S/C19H21N5O2/c25-18(17-13-5-1-2-7-16(13)26-22-17)24-10-4-3-6-15(24)14-8-11-23-12-9-20-19(23)21-14/h8-9,11-12,15H,1-7,10H2/t15-/m0/s1. The summed E-state index contributed by atoms with van der Waals surface area (Å²) >= 11 is 0. The number of carbonyl (C=O) groups is 1. The summed E-state index contributed by atoms with van der Waals surface area (Å²) in [4.78, 5) is 24.2. The molecule has 134 valence electrons. The second-order valence-corrected chi connectivity index (χ2v) is 7.14. The lowest BCUT2D eigenvalue weighted by Crippen LogP contribution is -2.39. The summed E-state index contributed by atoms with van der Waals surface area (Å²) in [6.45, 7) is 0.729. The van der Waals surface area contributed by atoms with Crippen molar-refractivity contribution in [2.24, 2.45) is 0 Å². The Kier molecular flexibility index (Phi) is 3.72. The van der Waals surface area contributed by atoms with Crippen molar-refractivity contribution < 1.29 is 9.32 Å². The zero-order chi connectivity index (χ0) is 17.5. The molecule has 2 aliphatic rings. The molecule has 1 aliphatic heterocycles. The van der Waals surface area contributed by atoms with Gasteiger partial charge in [0, 0.05) is 37.1 Å². The first kappa shape index (κ1) is 15.5. The number of amides is 1. The zero-order valence-electron chi connectivity index (χ0n) is 14.6. The van der Waals surface area contributed by atoms with Gasteiger partial charge < -0.3 is 9.42 Å². The average molecular weight is 351 g/mol. The smallest absolute Gasteiger partial charge is 0.276 e. The average Bonchev–Trinajstić information content (AvgIpc) is 3.33. The van der Waals surface area contributed by atoms with Gasteiger partial charge in [-0.05, 0) is 44.6 Å². The van der Waals surface area contributed by atoms with Crippen molar-refractivity contribution in [3.05, 3.63) is 47.4 Å². The number of carbonyl (C=O) groups excluding carboxylic acids is 1. The maximum absolute atomic E-state index is 13.3. The van der Waals surface area contributed by atoms with Gasteiger partial charge in [0.2, 0.25) is 5.78 Å². The van der Waals surface area contributed by atoms with Crippen molar-refractivity contribution in [2.75, 3.05) is 6.54 Å². The van der Waals surface area contributed by atoms with E-state index in [-0.39, 0.29) is 11.9 Å². The fourth-order valence-electron chi connectivity index (χ4n) is 4.17. The lowest BCUT2D eigenvalue weighted by Gasteiger charge is -2.35. The van der Waals surface area contributed by atoms with Crippen molar-refractivity contribution in [1.82, 2.24) is 24.4 Å². The molecule has 0 saturated carbocycles. The van der Waals surface area contributed by atoms with Gasteiger partial charge in [-0.15, -0.1) is 0 Å². The van der Waals surface area contributed by atoms with Gasteiger partial charge >= 0.3 is 0 Å². The van der Waals surface area contributed by atoms with Gasteiger partial charge in [-0.1, -0.05) is 5.16 Å². The summed E-state index contributed by atoms with van der Waals surface area (Å²) < 4.78 is 7.34. The van der Waals surface area contributed by atoms with Crippen LogP contribution in [0, 0.1) is 0 Å². The molecule has 0 N–H and O–H groups in total. The van der Waals surface area contributed by atoms with E-state index < -0.39 is 0 Å². The third kappa shape index (κ3) is 2.50. The molecule has 3 aromatic heterocycles. The number of likely N-dealkylation sites (tertiary alicyclic amines) is 1. The van der Waals surface area contributed by atoms with Gasteiger partial charge in [-0.2, -0.15) is 0 Å². The molecule has 1 amide bonds. The SMILES string of the molecule is O=C(c1noc2c1CCCC2)N1CCCC[C@H]1c1ccn2ccnc2n1. The predicted octanol–water partition coefficient (Wildman–Crippen LogP) is 2.96. The molecule has 1 aliphatic carbocycles. The van der Waals surface area contributed by atoms with Crippen molar-refractivity contribution >= 4 is 11.7 Å². The largest absolute Gasteiger partial charge is 0.360 e. The predicted molar refractivity (Wildman–Crippen MR) is 93.8 cm³/mol. The summed E-state index contributed by atoms with van der Waals surface area (Å²) in [6, 6.07) is 1.96. The number of fused-ring (bicyclic) bond motifs is 2. The third-order valence-electron chi connectivity index (χ3n) is 5.54. The van der Waals surface area contributed by atoms with E-state index in [9.17, 15) is 4.79 Å². The highest BCUT2D eigenvalue weighted by molar-refractivity contribution is 5.94. The summed E-state index contributed by atoms with van der Waals surface area (Å²) in [6.07, 6.45) is 12.5. The minimum Gasteiger partial charge on any atom is -0.360 e. The first-order chi connectivity index (χ1) is 12.8. The molecule has 0 bridgehead atoms. The van der Waals surface area contributed by atoms with Crippen LogP contribution in [0.3, 0.4) is 0 Å². The van der Waals surface area contributed by atoms with Crippen LogP contribution in [0.5, 0.6) is 0 Å². The second kappa shape index (κ2) is 6.23. The van der Waals surface area contributed by atoms with Crippen LogP contribution in [0.2, 0.25) is 0 Å². The van der Waals surface area contributed by atoms with Gasteiger partial charge in [0.15, 0.2) is 5.69 Å². The van der Waals surface area contributed by atoms with E-state index >= 15 is 0 Å². The summed E-state index contributed by atoms with van der Waals surface area (Å²) in [5.41, 5.74) is 2.42. The Labute approximate surface area is 151 Å². The second-order valence-electron chi connectivity index (χ2n) is 7.14. The Morgan fingerprint density at radius 1 is 1.15 bits per heavy atom. The fourth-order valence-corrected chi connectivity index (χ4v) is 4.17. The van der Waals surface area contributed by atoms with Crippen molar-refractivity contribution in [3.63, 3.8) is 0 Å². The Morgan fingerprint density at radius 3 is 3.04 bits per heavy atom. The van der Waals surface area contributed by atoms with Gasteiger partial charge in [-0.25, -0.2) is 9.97 Å². The number of piperidine rings is 1. The topological polar surface area (TPSA) is 76.5 Å². The quantitative estimate of drug-likeness (QED) is 0.709. The number of nitrogens with zero attached hydrogens (tertiary/aromatic N) is 5.